The van der Waals surface area contributed by atoms with Crippen LogP contribution in [0.15, 0.2) is 42.6 Å². The van der Waals surface area contributed by atoms with E-state index in [1.807, 2.05) is 23.1 Å². The van der Waals surface area contributed by atoms with Crippen molar-refractivity contribution in [3.05, 3.63) is 53.9 Å². The summed E-state index contributed by atoms with van der Waals surface area (Å²) in [7, 11) is 0. The molecule has 1 aromatic carbocycles. The van der Waals surface area contributed by atoms with Gasteiger partial charge in [-0.3, -0.25) is 4.79 Å². The molecule has 0 saturated carbocycles. The van der Waals surface area contributed by atoms with Gasteiger partial charge in [-0.2, -0.15) is 0 Å². The lowest BCUT2D eigenvalue weighted by molar-refractivity contribution is 0.0637. The Morgan fingerprint density at radius 3 is 2.46 bits per heavy atom. The molecule has 0 N–H and O–H groups in total. The molecule has 6 nitrogen and oxygen atoms in total. The van der Waals surface area contributed by atoms with Gasteiger partial charge < -0.3 is 14.7 Å². The standard InChI is InChI=1S/C20H27N5O/c1-3-23-12-14-25(15-13-23)19(26)18-10-11-21-20(22-18)24(4-2)16-17-8-6-5-7-9-17/h5-11H,3-4,12-16H2,1-2H3. The number of anilines is 1. The van der Waals surface area contributed by atoms with Crippen LogP contribution in [0.3, 0.4) is 0 Å². The van der Waals surface area contributed by atoms with E-state index in [9.17, 15) is 4.79 Å². The van der Waals surface area contributed by atoms with Crippen molar-refractivity contribution in [2.24, 2.45) is 0 Å². The third kappa shape index (κ3) is 4.38. The first kappa shape index (κ1) is 18.3. The Labute approximate surface area is 155 Å². The van der Waals surface area contributed by atoms with E-state index in [1.165, 1.54) is 5.56 Å². The maximum Gasteiger partial charge on any atom is 0.272 e. The second-order valence-electron chi connectivity index (χ2n) is 6.47. The van der Waals surface area contributed by atoms with Crippen molar-refractivity contribution in [2.45, 2.75) is 20.4 Å². The van der Waals surface area contributed by atoms with Gasteiger partial charge in [0.15, 0.2) is 0 Å². The maximum absolute atomic E-state index is 12.8. The fraction of sp³-hybridized carbons (Fsp3) is 0.450. The second kappa shape index (κ2) is 8.76. The average molecular weight is 353 g/mol. The second-order valence-corrected chi connectivity index (χ2v) is 6.47. The van der Waals surface area contributed by atoms with Crippen LogP contribution in [0.2, 0.25) is 0 Å². The van der Waals surface area contributed by atoms with Crippen molar-refractivity contribution in [3.8, 4) is 0 Å². The Morgan fingerprint density at radius 1 is 1.08 bits per heavy atom. The van der Waals surface area contributed by atoms with Gasteiger partial charge in [-0.15, -0.1) is 0 Å². The highest BCUT2D eigenvalue weighted by atomic mass is 16.2. The molecule has 1 aliphatic rings. The molecule has 0 atom stereocenters. The Bertz CT molecular complexity index is 713. The number of piperazine rings is 1. The lowest BCUT2D eigenvalue weighted by Crippen LogP contribution is -2.48. The van der Waals surface area contributed by atoms with Crippen LogP contribution in [-0.2, 0) is 6.54 Å². The molecule has 0 aliphatic carbocycles. The number of aromatic nitrogens is 2. The highest BCUT2D eigenvalue weighted by Crippen LogP contribution is 2.14. The normalized spacial score (nSPS) is 15.1. The third-order valence-corrected chi connectivity index (χ3v) is 4.85. The van der Waals surface area contributed by atoms with E-state index >= 15 is 0 Å². The SMILES string of the molecule is CCN1CCN(C(=O)c2ccnc(N(CC)Cc3ccccc3)n2)CC1. The molecule has 2 aromatic rings. The minimum atomic E-state index is 0.000155. The van der Waals surface area contributed by atoms with Crippen LogP contribution in [0.25, 0.3) is 0 Å². The van der Waals surface area contributed by atoms with E-state index in [1.54, 1.807) is 12.3 Å². The summed E-state index contributed by atoms with van der Waals surface area (Å²) in [5.41, 5.74) is 1.68. The van der Waals surface area contributed by atoms with E-state index in [2.05, 4.69) is 45.7 Å². The molecule has 1 fully saturated rings. The third-order valence-electron chi connectivity index (χ3n) is 4.85. The largest absolute Gasteiger partial charge is 0.337 e. The molecule has 3 rings (SSSR count). The molecule has 1 saturated heterocycles. The number of rotatable bonds is 6. The highest BCUT2D eigenvalue weighted by Gasteiger charge is 2.23. The average Bonchev–Trinajstić information content (AvgIpc) is 2.72. The van der Waals surface area contributed by atoms with E-state index in [-0.39, 0.29) is 5.91 Å². The van der Waals surface area contributed by atoms with Crippen LogP contribution in [0.5, 0.6) is 0 Å². The fourth-order valence-corrected chi connectivity index (χ4v) is 3.18. The number of hydrogen-bond acceptors (Lipinski definition) is 5. The summed E-state index contributed by atoms with van der Waals surface area (Å²) in [6.45, 7) is 10.1. The summed E-state index contributed by atoms with van der Waals surface area (Å²) in [4.78, 5) is 28.1. The number of carbonyl (C=O) groups excluding carboxylic acids is 1. The highest BCUT2D eigenvalue weighted by molar-refractivity contribution is 5.92. The molecular weight excluding hydrogens is 326 g/mol. The quantitative estimate of drug-likeness (QED) is 0.797. The van der Waals surface area contributed by atoms with Gasteiger partial charge in [-0.1, -0.05) is 37.3 Å². The van der Waals surface area contributed by atoms with Crippen molar-refractivity contribution in [2.75, 3.05) is 44.2 Å². The first-order valence-electron chi connectivity index (χ1n) is 9.34. The van der Waals surface area contributed by atoms with Gasteiger partial charge in [-0.05, 0) is 25.1 Å². The number of hydrogen-bond donors (Lipinski definition) is 0. The summed E-state index contributed by atoms with van der Waals surface area (Å²) >= 11 is 0. The number of amides is 1. The zero-order valence-corrected chi connectivity index (χ0v) is 15.6. The molecular formula is C20H27N5O. The summed E-state index contributed by atoms with van der Waals surface area (Å²) in [6, 6.07) is 12.0. The van der Waals surface area contributed by atoms with Crippen molar-refractivity contribution in [3.63, 3.8) is 0 Å². The minimum absolute atomic E-state index is 0.000155. The Kier molecular flexibility index (Phi) is 6.17. The van der Waals surface area contributed by atoms with Gasteiger partial charge in [0, 0.05) is 45.5 Å². The molecule has 0 spiro atoms. The molecule has 1 aromatic heterocycles. The summed E-state index contributed by atoms with van der Waals surface area (Å²) in [5.74, 6) is 0.606. The predicted octanol–water partition coefficient (Wildman–Crippen LogP) is 2.28. The summed E-state index contributed by atoms with van der Waals surface area (Å²) in [6.07, 6.45) is 1.69. The number of benzene rings is 1. The molecule has 2 heterocycles. The fourth-order valence-electron chi connectivity index (χ4n) is 3.18. The van der Waals surface area contributed by atoms with Gasteiger partial charge in [0.2, 0.25) is 5.95 Å². The van der Waals surface area contributed by atoms with E-state index < -0.39 is 0 Å². The van der Waals surface area contributed by atoms with Crippen molar-refractivity contribution >= 4 is 11.9 Å². The predicted molar refractivity (Wildman–Crippen MR) is 103 cm³/mol. The number of nitrogens with zero attached hydrogens (tertiary/aromatic N) is 5. The van der Waals surface area contributed by atoms with Crippen LogP contribution in [0.4, 0.5) is 5.95 Å². The monoisotopic (exact) mass is 353 g/mol. The molecule has 138 valence electrons. The Hall–Kier alpha value is -2.47. The van der Waals surface area contributed by atoms with Crippen LogP contribution in [0, 0.1) is 0 Å². The minimum Gasteiger partial charge on any atom is -0.337 e. The van der Waals surface area contributed by atoms with Crippen molar-refractivity contribution in [1.29, 1.82) is 0 Å². The molecule has 0 radical (unpaired) electrons. The zero-order chi connectivity index (χ0) is 18.4. The molecule has 26 heavy (non-hydrogen) atoms. The molecule has 1 aliphatic heterocycles. The smallest absolute Gasteiger partial charge is 0.272 e. The molecule has 0 bridgehead atoms. The van der Waals surface area contributed by atoms with Crippen LogP contribution >= 0.6 is 0 Å². The maximum atomic E-state index is 12.8. The Morgan fingerprint density at radius 2 is 1.81 bits per heavy atom. The first-order chi connectivity index (χ1) is 12.7. The van der Waals surface area contributed by atoms with E-state index in [0.717, 1.165) is 45.8 Å². The van der Waals surface area contributed by atoms with Gasteiger partial charge >= 0.3 is 0 Å². The van der Waals surface area contributed by atoms with E-state index in [4.69, 9.17) is 0 Å². The first-order valence-corrected chi connectivity index (χ1v) is 9.34. The number of likely N-dealkylation sites (N-methyl/N-ethyl adjacent to an activating group) is 1. The van der Waals surface area contributed by atoms with E-state index in [0.29, 0.717) is 11.6 Å². The zero-order valence-electron chi connectivity index (χ0n) is 15.6. The molecule has 1 amide bonds. The van der Waals surface area contributed by atoms with Gasteiger partial charge in [0.1, 0.15) is 5.69 Å². The van der Waals surface area contributed by atoms with Gasteiger partial charge in [0.05, 0.1) is 0 Å². The van der Waals surface area contributed by atoms with Gasteiger partial charge in [0.25, 0.3) is 5.91 Å². The lowest BCUT2D eigenvalue weighted by atomic mass is 10.2. The Balaban J connectivity index is 1.71. The summed E-state index contributed by atoms with van der Waals surface area (Å²) < 4.78 is 0. The lowest BCUT2D eigenvalue weighted by Gasteiger charge is -2.33. The van der Waals surface area contributed by atoms with Crippen LogP contribution in [-0.4, -0.2) is 64.9 Å². The topological polar surface area (TPSA) is 52.6 Å². The van der Waals surface area contributed by atoms with Gasteiger partial charge in [-0.25, -0.2) is 9.97 Å². The van der Waals surface area contributed by atoms with Crippen molar-refractivity contribution in [1.82, 2.24) is 19.8 Å². The van der Waals surface area contributed by atoms with Crippen LogP contribution in [0.1, 0.15) is 29.9 Å². The molecule has 6 heteroatoms. The van der Waals surface area contributed by atoms with Crippen molar-refractivity contribution < 1.29 is 4.79 Å². The molecule has 0 unspecified atom stereocenters. The summed E-state index contributed by atoms with van der Waals surface area (Å²) in [5, 5.41) is 0. The number of carbonyl (C=O) groups is 1. The van der Waals surface area contributed by atoms with Crippen LogP contribution < -0.4 is 4.90 Å².